The maximum atomic E-state index is 14.6. The van der Waals surface area contributed by atoms with Gasteiger partial charge in [0.1, 0.15) is 45.9 Å². The first kappa shape index (κ1) is 102. The third-order valence-electron chi connectivity index (χ3n) is 25.2. The van der Waals surface area contributed by atoms with E-state index < -0.39 is 183 Å². The molecular formula is C104H106N8O31S2. The number of cyclic esters (lactones) is 1. The summed E-state index contributed by atoms with van der Waals surface area (Å²) in [4.78, 5) is 235. The Labute approximate surface area is 838 Å². The van der Waals surface area contributed by atoms with Gasteiger partial charge in [-0.05, 0) is 147 Å². The first-order chi connectivity index (χ1) is 68.5. The third kappa shape index (κ3) is 20.8. The number of nitrogens with zero attached hydrogens (tertiary/aromatic N) is 7. The number of ketones is 3. The van der Waals surface area contributed by atoms with Gasteiger partial charge in [-0.15, -0.1) is 22.7 Å². The molecule has 9 atom stereocenters. The first-order valence-electron chi connectivity index (χ1n) is 47.2. The monoisotopic (exact) mass is 2030 g/mol. The van der Waals surface area contributed by atoms with Gasteiger partial charge in [0.05, 0.1) is 88.2 Å². The zero-order chi connectivity index (χ0) is 104. The Kier molecular flexibility index (Phi) is 27.7. The molecular weight excluding hydrogens is 1920 g/mol. The number of carboxylic acid groups (broad SMARTS) is 1. The number of aromatic nitrogens is 2. The molecule has 6 amide bonds. The fourth-order valence-electron chi connectivity index (χ4n) is 18.8. The number of carboxylic acids is 1. The minimum Gasteiger partial charge on any atom is -0.480 e. The van der Waals surface area contributed by atoms with E-state index >= 15 is 0 Å². The van der Waals surface area contributed by atoms with E-state index in [4.69, 9.17) is 71.5 Å². The number of ether oxygens (including phenoxy) is 11. The third-order valence-corrected chi connectivity index (χ3v) is 26.8. The van der Waals surface area contributed by atoms with Crippen LogP contribution in [0.2, 0.25) is 0 Å². The highest BCUT2D eigenvalue weighted by Gasteiger charge is 2.67. The summed E-state index contributed by atoms with van der Waals surface area (Å²) in [7, 11) is 0. The van der Waals surface area contributed by atoms with Crippen molar-refractivity contribution < 1.29 is 148 Å². The number of aliphatic carboxylic acids is 1. The Balaban J connectivity index is 0.000000165. The average molecular weight is 2030 g/mol. The molecule has 0 spiro atoms. The number of aryl methyl sites for hydroxylation is 2. The molecule has 11 aliphatic heterocycles. The van der Waals surface area contributed by atoms with Crippen molar-refractivity contribution in [3.63, 3.8) is 0 Å². The molecule has 7 saturated heterocycles. The van der Waals surface area contributed by atoms with Gasteiger partial charge in [-0.25, -0.2) is 44.2 Å². The number of esters is 5. The zero-order valence-corrected chi connectivity index (χ0v) is 83.3. The Hall–Kier alpha value is -14.4. The number of rotatable bonds is 26. The van der Waals surface area contributed by atoms with Crippen LogP contribution in [0.4, 0.5) is 0 Å². The topological polar surface area (TPSA) is 487 Å². The minimum atomic E-state index is -2.66. The zero-order valence-electron chi connectivity index (χ0n) is 81.7. The summed E-state index contributed by atoms with van der Waals surface area (Å²) in [6.07, 6.45) is 0.658. The fourth-order valence-corrected chi connectivity index (χ4v) is 19.9. The molecule has 4 bridgehead atoms. The van der Waals surface area contributed by atoms with Crippen molar-refractivity contribution in [2.45, 2.75) is 261 Å². The number of Topliss-reactive ketones (excluding diaryl/α,β-unsaturated/α-hetero) is 3. The second-order valence-electron chi connectivity index (χ2n) is 40.8. The van der Waals surface area contributed by atoms with Gasteiger partial charge in [-0.2, -0.15) is 5.06 Å². The molecule has 0 radical (unpaired) electrons. The van der Waals surface area contributed by atoms with Crippen LogP contribution in [0.25, 0.3) is 0 Å². The van der Waals surface area contributed by atoms with Crippen molar-refractivity contribution in [2.24, 2.45) is 22.1 Å². The summed E-state index contributed by atoms with van der Waals surface area (Å²) in [6.45, 7) is 23.0. The number of fused-ring (bicyclic) bond motifs is 8. The summed E-state index contributed by atoms with van der Waals surface area (Å²) in [5, 5.41) is 23.5. The molecule has 11 aliphatic rings. The molecule has 6 aromatic carbocycles. The van der Waals surface area contributed by atoms with E-state index in [0.717, 1.165) is 17.8 Å². The molecule has 0 saturated carbocycles. The lowest BCUT2D eigenvalue weighted by atomic mass is 9.90. The summed E-state index contributed by atoms with van der Waals surface area (Å²) in [5.41, 5.74) is -4.75. The number of nitrogens with one attached hydrogen (secondary N) is 1. The van der Waals surface area contributed by atoms with Gasteiger partial charge in [0.2, 0.25) is 22.9 Å². The number of benzene rings is 6. The van der Waals surface area contributed by atoms with E-state index in [9.17, 15) is 77.0 Å². The Morgan fingerprint density at radius 1 is 0.469 bits per heavy atom. The van der Waals surface area contributed by atoms with Crippen LogP contribution in [0.5, 0.6) is 23.0 Å². The predicted molar refractivity (Wildman–Crippen MR) is 507 cm³/mol. The van der Waals surface area contributed by atoms with Gasteiger partial charge in [0, 0.05) is 78.0 Å². The fraction of sp³-hybridized carbons (Fsp3) is 0.433. The molecule has 41 heteroatoms. The maximum Gasteiger partial charge on any atom is 0.375 e. The molecule has 0 aliphatic carbocycles. The lowest BCUT2D eigenvalue weighted by Crippen LogP contribution is -2.57. The molecule has 13 heterocycles. The average Bonchev–Trinajstić information content (AvgIpc) is 1.55. The summed E-state index contributed by atoms with van der Waals surface area (Å²) in [5.74, 6) is -17.9. The summed E-state index contributed by atoms with van der Waals surface area (Å²) < 4.78 is 65.6. The van der Waals surface area contributed by atoms with Crippen molar-refractivity contribution in [1.82, 2.24) is 30.3 Å². The van der Waals surface area contributed by atoms with Gasteiger partial charge in [0.15, 0.2) is 46.0 Å². The number of imide groups is 2. The molecule has 19 rings (SSSR count). The van der Waals surface area contributed by atoms with Crippen molar-refractivity contribution in [2.75, 3.05) is 13.2 Å². The van der Waals surface area contributed by atoms with E-state index in [-0.39, 0.29) is 119 Å². The number of carbonyl (C=O) groups excluding carboxylic acids is 14. The molecule has 5 unspecified atom stereocenters. The van der Waals surface area contributed by atoms with E-state index in [2.05, 4.69) is 25.8 Å². The number of thiazole rings is 2. The van der Waals surface area contributed by atoms with Crippen LogP contribution in [0.1, 0.15) is 245 Å². The molecule has 760 valence electrons. The van der Waals surface area contributed by atoms with Crippen LogP contribution in [0, 0.1) is 25.7 Å². The van der Waals surface area contributed by atoms with Crippen LogP contribution in [-0.4, -0.2) is 219 Å². The Bertz CT molecular complexity index is 6420. The van der Waals surface area contributed by atoms with Gasteiger partial charge >= 0.3 is 53.1 Å². The molecule has 145 heavy (non-hydrogen) atoms. The van der Waals surface area contributed by atoms with Crippen molar-refractivity contribution in [3.8, 4) is 23.0 Å². The first-order valence-corrected chi connectivity index (χ1v) is 49.0. The van der Waals surface area contributed by atoms with Gasteiger partial charge in [-0.3, -0.25) is 62.6 Å². The Morgan fingerprint density at radius 2 is 0.834 bits per heavy atom. The van der Waals surface area contributed by atoms with Crippen molar-refractivity contribution >= 4 is 123 Å². The predicted octanol–water partition coefficient (Wildman–Crippen LogP) is 12.2. The smallest absolute Gasteiger partial charge is 0.375 e. The van der Waals surface area contributed by atoms with Crippen molar-refractivity contribution in [1.29, 1.82) is 0 Å². The second-order valence-corrected chi connectivity index (χ2v) is 42.9. The lowest BCUT2D eigenvalue weighted by Gasteiger charge is -2.38. The summed E-state index contributed by atoms with van der Waals surface area (Å²) in [6, 6.07) is 38.3. The highest BCUT2D eigenvalue weighted by Crippen LogP contribution is 2.54. The normalized spacial score (nSPS) is 24.3. The van der Waals surface area contributed by atoms with E-state index in [1.54, 1.807) is 101 Å². The summed E-state index contributed by atoms with van der Waals surface area (Å²) >= 11 is 2.60. The van der Waals surface area contributed by atoms with Gasteiger partial charge < -0.3 is 66.9 Å². The number of carbonyl (C=O) groups is 15. The number of hydroxylamine groups is 3. The van der Waals surface area contributed by atoms with Gasteiger partial charge in [-0.1, -0.05) is 132 Å². The van der Waals surface area contributed by atoms with Crippen molar-refractivity contribution in [3.05, 3.63) is 222 Å². The van der Waals surface area contributed by atoms with E-state index in [1.807, 2.05) is 128 Å². The van der Waals surface area contributed by atoms with E-state index in [1.165, 1.54) is 46.9 Å². The standard InChI is InChI=1S/C52H52N4O15S.C30H25NO9.C22H29N3O7S/c1-28-53-36(27-72-28)41(54-71-50(46(62)69-48(2,3)4)23-32-18-19-33(24-50)65-32)38(57)20-29-26-64-56(42(29)58)51(47(63)70-49(5,6)7)25-37(45(61)68-51)55-43(59)34-21-39-40(22-35(34)44(55)60)67-52(66-39,30-14-10-8-11-15-30)31-16-12-9-13-17-31;1-29(2,3)40-28(37)22(32)16-21(27(35)36)31-25(33)19-14-23-24(15-20(19)26(31)34)39-30(38-23,17-10-6-4-7-11-17)18-12-8-5-9-13-18;1-12-23-16(11-33-12)18(17(26)7-13-10-29-25-19(13)27)24-32-22(20(28)31-21(2,3)4)8-14-5-6-15(9-22)30-14/h8-17,21-22,27,29,32-33,37H,18-20,23-26H2,1-7H3;4-15,21H,16H2,1-3H3,(H,35,36);11,13-15H,5-10H2,1-4H3,(H,25,27)/b54-41-;;24-18-/t29-,32?,33?,37-,50?,51?;21-;13-,14?,15?,22?/m000/s1. The number of oxime groups is 2. The molecule has 2 aromatic heterocycles. The molecule has 8 aromatic rings. The quantitative estimate of drug-likeness (QED) is 0.0127. The largest absolute Gasteiger partial charge is 0.480 e. The second kappa shape index (κ2) is 39.3. The van der Waals surface area contributed by atoms with E-state index in [0.29, 0.717) is 73.5 Å². The van der Waals surface area contributed by atoms with Crippen LogP contribution < -0.4 is 24.4 Å². The SMILES string of the molecule is CC(C)(C)OC(=O)C(=O)C[C@@H](C(=O)O)N1C(=O)c2cc3c(cc2C1=O)OC(c1ccccc1)(c1ccccc1)O3.Cc1nc(/C(=N/OC2(C(=O)OC(C)(C)C)CC3CCC(C2)O3)C(=O)C[C@H]2CON(C3(C(=O)OC(C)(C)C)C[C@H](N4C(=O)c5cc6c(cc5C4=O)OC(c4ccccc4)(c4ccccc4)O6)C(=O)O3)C2=O)cs1.Cc1nc(/C(=N/OC2(C(=O)OC(C)(C)C)CC3CCC(C2)O3)C(=O)C[C@H]2CONC2=O)cs1. The van der Waals surface area contributed by atoms with Crippen LogP contribution in [-0.2, 0) is 117 Å². The Morgan fingerprint density at radius 3 is 1.18 bits per heavy atom. The minimum absolute atomic E-state index is 0.0270. The maximum absolute atomic E-state index is 14.6. The number of hydrogen-bond acceptors (Lipinski definition) is 36. The van der Waals surface area contributed by atoms with Gasteiger partial charge in [0.25, 0.3) is 29.5 Å². The molecule has 7 fully saturated rings. The van der Waals surface area contributed by atoms with Crippen LogP contribution in [0.3, 0.4) is 0 Å². The van der Waals surface area contributed by atoms with Crippen LogP contribution in [0.15, 0.2) is 167 Å². The lowest BCUT2D eigenvalue weighted by molar-refractivity contribution is -0.263. The van der Waals surface area contributed by atoms with Crippen LogP contribution >= 0.6 is 22.7 Å². The molecule has 2 N–H and O–H groups in total. The number of amides is 6. The highest BCUT2D eigenvalue weighted by atomic mass is 32.1. The highest BCUT2D eigenvalue weighted by molar-refractivity contribution is 7.10. The number of hydrogen-bond donors (Lipinski definition) is 2. The molecule has 39 nitrogen and oxygen atoms in total.